The van der Waals surface area contributed by atoms with Crippen molar-refractivity contribution in [1.29, 1.82) is 0 Å². The molecule has 4 aromatic rings. The maximum Gasteiger partial charge on any atom is 0.338 e. The molecule has 0 N–H and O–H groups in total. The average molecular weight is 626 g/mol. The zero-order valence-corrected chi connectivity index (χ0v) is 28.9. The van der Waals surface area contributed by atoms with Crippen molar-refractivity contribution in [2.45, 2.75) is 93.1 Å². The molecule has 0 radical (unpaired) electrons. The van der Waals surface area contributed by atoms with Crippen molar-refractivity contribution >= 4 is 45.1 Å². The van der Waals surface area contributed by atoms with Crippen molar-refractivity contribution in [2.75, 3.05) is 4.31 Å². The lowest BCUT2D eigenvalue weighted by Gasteiger charge is -2.28. The lowest BCUT2D eigenvalue weighted by atomic mass is 9.92. The Morgan fingerprint density at radius 3 is 2.11 bits per heavy atom. The summed E-state index contributed by atoms with van der Waals surface area (Å²) in [6, 6.07) is 19.6. The summed E-state index contributed by atoms with van der Waals surface area (Å²) in [4.78, 5) is 13.0. The van der Waals surface area contributed by atoms with E-state index in [4.69, 9.17) is 4.74 Å². The number of fused-ring (bicyclic) bond motifs is 1. The molecule has 5 nitrogen and oxygen atoms in total. The fourth-order valence-electron chi connectivity index (χ4n) is 5.82. The van der Waals surface area contributed by atoms with E-state index in [0.29, 0.717) is 16.9 Å². The van der Waals surface area contributed by atoms with Gasteiger partial charge in [0.1, 0.15) is 5.60 Å². The number of carbonyl (C=O) groups excluding carboxylic acids is 1. The van der Waals surface area contributed by atoms with Gasteiger partial charge in [-0.05, 0) is 118 Å². The minimum atomic E-state index is -3.04. The molecule has 0 aliphatic carbocycles. The van der Waals surface area contributed by atoms with E-state index in [0.717, 1.165) is 69.0 Å². The van der Waals surface area contributed by atoms with Crippen molar-refractivity contribution in [3.05, 3.63) is 100 Å². The maximum atomic E-state index is 13.3. The van der Waals surface area contributed by atoms with Crippen LogP contribution in [-0.4, -0.2) is 20.0 Å². The van der Waals surface area contributed by atoms with Crippen molar-refractivity contribution in [1.82, 2.24) is 0 Å². The van der Waals surface area contributed by atoms with Crippen molar-refractivity contribution in [3.63, 3.8) is 0 Å². The van der Waals surface area contributed by atoms with Crippen LogP contribution in [0.15, 0.2) is 66.7 Å². The highest BCUT2D eigenvalue weighted by Gasteiger charge is 2.25. The van der Waals surface area contributed by atoms with Gasteiger partial charge in [0.05, 0.1) is 16.9 Å². The van der Waals surface area contributed by atoms with Gasteiger partial charge < -0.3 is 4.74 Å². The second kappa shape index (κ2) is 14.5. The minimum absolute atomic E-state index is 0.382. The van der Waals surface area contributed by atoms with Crippen LogP contribution in [0.4, 0.5) is 11.4 Å². The van der Waals surface area contributed by atoms with Crippen LogP contribution in [0.2, 0.25) is 0 Å². The van der Waals surface area contributed by atoms with Crippen molar-refractivity contribution in [2.24, 2.45) is 0 Å². The Hall–Kier alpha value is -3.90. The van der Waals surface area contributed by atoms with E-state index < -0.39 is 16.5 Å². The van der Waals surface area contributed by atoms with E-state index in [-0.39, 0.29) is 5.97 Å². The third-order valence-electron chi connectivity index (χ3n) is 8.29. The number of carbonyl (C=O) groups is 1. The molecule has 0 aromatic heterocycles. The lowest BCUT2D eigenvalue weighted by molar-refractivity contribution is 0.00695. The van der Waals surface area contributed by atoms with Gasteiger partial charge in [-0.3, -0.25) is 0 Å². The number of nitrogens with zero attached hydrogens (tertiary/aromatic N) is 1. The summed E-state index contributed by atoms with van der Waals surface area (Å²) >= 11 is 0. The lowest BCUT2D eigenvalue weighted by Crippen LogP contribution is -2.23. The molecule has 0 saturated carbocycles. The molecule has 45 heavy (non-hydrogen) atoms. The number of aryl methyl sites for hydroxylation is 2. The highest BCUT2D eigenvalue weighted by Crippen LogP contribution is 2.44. The first-order valence-corrected chi connectivity index (χ1v) is 17.0. The van der Waals surface area contributed by atoms with E-state index in [1.165, 1.54) is 17.1 Å². The van der Waals surface area contributed by atoms with Crippen LogP contribution < -0.4 is 4.31 Å². The molecule has 6 heteroatoms. The Labute approximate surface area is 271 Å². The summed E-state index contributed by atoms with van der Waals surface area (Å²) in [5.74, 6) is -0.382. The zero-order chi connectivity index (χ0) is 32.9. The monoisotopic (exact) mass is 625 g/mol. The third-order valence-corrected chi connectivity index (χ3v) is 9.02. The highest BCUT2D eigenvalue weighted by atomic mass is 32.2. The van der Waals surface area contributed by atoms with E-state index in [9.17, 15) is 13.2 Å². The fraction of sp³-hybridized carbons (Fsp3) is 0.359. The number of benzene rings is 4. The normalized spacial score (nSPS) is 11.9. The molecule has 0 bridgehead atoms. The van der Waals surface area contributed by atoms with Gasteiger partial charge in [0, 0.05) is 10.9 Å². The first-order chi connectivity index (χ1) is 21.3. The fourth-order valence-corrected chi connectivity index (χ4v) is 6.67. The molecule has 0 aliphatic heterocycles. The second-order valence-electron chi connectivity index (χ2n) is 12.9. The van der Waals surface area contributed by atoms with Gasteiger partial charge in [-0.25, -0.2) is 17.5 Å². The molecule has 0 spiro atoms. The zero-order valence-electron chi connectivity index (χ0n) is 28.0. The summed E-state index contributed by atoms with van der Waals surface area (Å²) in [6.45, 7) is 15.8. The largest absolute Gasteiger partial charge is 0.456 e. The Morgan fingerprint density at radius 1 is 0.822 bits per heavy atom. The number of hydrogen-bond donors (Lipinski definition) is 1. The summed E-state index contributed by atoms with van der Waals surface area (Å²) in [7, 11) is -3.04. The second-order valence-corrected chi connectivity index (χ2v) is 13.8. The summed E-state index contributed by atoms with van der Waals surface area (Å²) in [5.41, 5.74) is 7.73. The number of allylic oxidation sites excluding steroid dienone is 1. The molecule has 0 atom stereocenters. The molecule has 4 aromatic carbocycles. The molecular formula is C39H47NO4S. The Balaban J connectivity index is 2.01. The molecule has 0 fully saturated rings. The minimum Gasteiger partial charge on any atom is -0.456 e. The molecule has 0 saturated heterocycles. The third kappa shape index (κ3) is 7.85. The van der Waals surface area contributed by atoms with Crippen LogP contribution in [0.1, 0.15) is 98.0 Å². The van der Waals surface area contributed by atoms with E-state index in [1.54, 1.807) is 6.07 Å². The van der Waals surface area contributed by atoms with Gasteiger partial charge in [0.25, 0.3) is 0 Å². The number of thiol groups is 1. The summed E-state index contributed by atoms with van der Waals surface area (Å²) in [5, 5.41) is 1.72. The Kier molecular flexibility index (Phi) is 10.9. The topological polar surface area (TPSA) is 63.7 Å². The Morgan fingerprint density at radius 2 is 1.49 bits per heavy atom. The molecule has 0 heterocycles. The summed E-state index contributed by atoms with van der Waals surface area (Å²) in [6.07, 6.45) is 9.73. The molecule has 238 valence electrons. The number of esters is 1. The maximum absolute atomic E-state index is 13.3. The number of unbranched alkanes of at least 4 members (excludes halogenated alkanes) is 4. The molecule has 0 amide bonds. The SMILES string of the molecule is CCCCCCC=Cc1cc(-c2cccc(C(=O)OC(C)(C)C)c2)c2ccccc2c1N(c1c(C)c(C)cc(C)c1C)[SH](=O)=O. The summed E-state index contributed by atoms with van der Waals surface area (Å²) < 4.78 is 33.9. The van der Waals surface area contributed by atoms with Crippen LogP contribution in [0.5, 0.6) is 0 Å². The van der Waals surface area contributed by atoms with Crippen LogP contribution >= 0.6 is 0 Å². The number of hydrogen-bond acceptors (Lipinski definition) is 4. The van der Waals surface area contributed by atoms with Crippen LogP contribution in [0.3, 0.4) is 0 Å². The van der Waals surface area contributed by atoms with Gasteiger partial charge in [0.2, 0.25) is 10.9 Å². The van der Waals surface area contributed by atoms with Crippen LogP contribution in [0.25, 0.3) is 28.0 Å². The molecule has 0 unspecified atom stereocenters. The highest BCUT2D eigenvalue weighted by molar-refractivity contribution is 7.74. The Bertz CT molecular complexity index is 1780. The molecule has 4 rings (SSSR count). The number of ether oxygens (including phenoxy) is 1. The van der Waals surface area contributed by atoms with Gasteiger partial charge in [-0.1, -0.05) is 80.8 Å². The number of anilines is 2. The van der Waals surface area contributed by atoms with E-state index in [2.05, 4.69) is 31.2 Å². The van der Waals surface area contributed by atoms with Crippen molar-refractivity contribution in [3.8, 4) is 11.1 Å². The first kappa shape index (κ1) is 34.0. The van der Waals surface area contributed by atoms with Crippen molar-refractivity contribution < 1.29 is 17.9 Å². The number of rotatable bonds is 11. The predicted octanol–water partition coefficient (Wildman–Crippen LogP) is 10.3. The predicted molar refractivity (Wildman–Crippen MR) is 190 cm³/mol. The quantitative estimate of drug-likeness (QED) is 0.102. The van der Waals surface area contributed by atoms with Gasteiger partial charge in [0.15, 0.2) is 0 Å². The van der Waals surface area contributed by atoms with Gasteiger partial charge in [-0.2, -0.15) is 0 Å². The van der Waals surface area contributed by atoms with E-state index in [1.807, 2.05) is 90.9 Å². The van der Waals surface area contributed by atoms with E-state index >= 15 is 0 Å². The molecular weight excluding hydrogens is 578 g/mol. The molecule has 0 aliphatic rings. The van der Waals surface area contributed by atoms with Gasteiger partial charge in [-0.15, -0.1) is 0 Å². The smallest absolute Gasteiger partial charge is 0.338 e. The first-order valence-electron chi connectivity index (χ1n) is 15.9. The van der Waals surface area contributed by atoms with Gasteiger partial charge >= 0.3 is 5.97 Å². The van der Waals surface area contributed by atoms with Crippen LogP contribution in [-0.2, 0) is 15.6 Å². The van der Waals surface area contributed by atoms with Crippen LogP contribution in [0, 0.1) is 27.7 Å². The standard InChI is InChI=1S/C39H47NO4S/c1-9-10-11-12-13-14-18-31-25-35(30-19-17-20-32(24-30)38(41)44-39(6,7)8)33-21-15-16-22-34(33)37(31)40(45(42)43)36-28(4)26(2)23-27(3)29(36)5/h14-25,45H,9-13H2,1-8H3. The average Bonchev–Trinajstić information content (AvgIpc) is 2.99.